The van der Waals surface area contributed by atoms with Crippen LogP contribution in [0.3, 0.4) is 0 Å². The molecule has 1 atom stereocenters. The minimum atomic E-state index is -4.61. The molecule has 2 saturated heterocycles. The Labute approximate surface area is 279 Å². The normalized spacial score (nSPS) is 17.3. The van der Waals surface area contributed by atoms with Gasteiger partial charge < -0.3 is 0 Å². The van der Waals surface area contributed by atoms with Gasteiger partial charge in [0, 0.05) is 24.5 Å². The van der Waals surface area contributed by atoms with E-state index in [1.54, 1.807) is 36.2 Å². The molecule has 2 aliphatic rings. The molecule has 0 saturated carbocycles. The molecule has 0 N–H and O–H groups in total. The summed E-state index contributed by atoms with van der Waals surface area (Å²) in [7, 11) is 0. The van der Waals surface area contributed by atoms with Gasteiger partial charge in [-0.3, -0.25) is 4.90 Å². The van der Waals surface area contributed by atoms with Gasteiger partial charge in [0.1, 0.15) is 5.82 Å². The molecule has 4 aromatic rings. The van der Waals surface area contributed by atoms with E-state index in [-0.39, 0.29) is 23.2 Å². The fraction of sp³-hybridized carbons (Fsp3) is 0.359. The lowest BCUT2D eigenvalue weighted by atomic mass is 9.76. The Kier molecular flexibility index (Phi) is 10.7. The number of rotatable bonds is 9. The van der Waals surface area contributed by atoms with E-state index in [9.17, 15) is 22.8 Å². The Hall–Kier alpha value is -3.64. The molecule has 4 aromatic carbocycles. The molecule has 244 valence electrons. The number of nitrogens with zero attached hydrogens (tertiary/aromatic N) is 3. The zero-order valence-electron chi connectivity index (χ0n) is 26.4. The number of piperidine rings is 2. The summed E-state index contributed by atoms with van der Waals surface area (Å²) in [4.78, 5) is 3.47. The van der Waals surface area contributed by atoms with E-state index in [2.05, 4.69) is 51.7 Å². The Morgan fingerprint density at radius 2 is 1.45 bits per heavy atom. The monoisotopic (exact) mass is 657 g/mol. The van der Waals surface area contributed by atoms with Crippen LogP contribution in [0.15, 0.2) is 95.9 Å². The van der Waals surface area contributed by atoms with Gasteiger partial charge in [-0.2, -0.15) is 18.4 Å². The second-order valence-electron chi connectivity index (χ2n) is 12.8. The van der Waals surface area contributed by atoms with Gasteiger partial charge in [-0.1, -0.05) is 55.0 Å². The van der Waals surface area contributed by atoms with Gasteiger partial charge in [-0.15, -0.1) is 0 Å². The first kappa shape index (κ1) is 33.3. The highest BCUT2D eigenvalue weighted by Crippen LogP contribution is 2.41. The minimum absolute atomic E-state index is 0.150. The van der Waals surface area contributed by atoms with Gasteiger partial charge in [-0.05, 0) is 139 Å². The lowest BCUT2D eigenvalue weighted by Crippen LogP contribution is -2.32. The van der Waals surface area contributed by atoms with Gasteiger partial charge in [0.2, 0.25) is 0 Å². The van der Waals surface area contributed by atoms with Gasteiger partial charge in [0.25, 0.3) is 0 Å². The zero-order valence-corrected chi connectivity index (χ0v) is 27.2. The van der Waals surface area contributed by atoms with E-state index in [4.69, 9.17) is 0 Å². The summed E-state index contributed by atoms with van der Waals surface area (Å²) in [6.45, 7) is 4.76. The number of halogens is 4. The van der Waals surface area contributed by atoms with Crippen molar-refractivity contribution in [3.63, 3.8) is 0 Å². The maximum Gasteiger partial charge on any atom is 0.417 e. The molecule has 0 spiro atoms. The van der Waals surface area contributed by atoms with Crippen LogP contribution >= 0.6 is 11.9 Å². The van der Waals surface area contributed by atoms with E-state index in [0.29, 0.717) is 12.0 Å². The highest BCUT2D eigenvalue weighted by Gasteiger charge is 2.36. The third kappa shape index (κ3) is 8.64. The summed E-state index contributed by atoms with van der Waals surface area (Å²) >= 11 is 1.59. The molecule has 0 aromatic heterocycles. The molecule has 3 nitrogen and oxygen atoms in total. The molecule has 0 radical (unpaired) electrons. The van der Waals surface area contributed by atoms with Gasteiger partial charge in [0.05, 0.1) is 17.2 Å². The number of nitriles is 1. The molecular formula is C39H39F4N3S. The van der Waals surface area contributed by atoms with E-state index in [0.717, 1.165) is 67.2 Å². The zero-order chi connectivity index (χ0) is 32.8. The summed E-state index contributed by atoms with van der Waals surface area (Å²) < 4.78 is 57.9. The summed E-state index contributed by atoms with van der Waals surface area (Å²) in [5.74, 6) is -0.265. The third-order valence-corrected chi connectivity index (χ3v) is 10.6. The summed E-state index contributed by atoms with van der Waals surface area (Å²) in [5.41, 5.74) is 4.01. The summed E-state index contributed by atoms with van der Waals surface area (Å²) in [5, 5.41) is 9.43. The largest absolute Gasteiger partial charge is 0.417 e. The minimum Gasteiger partial charge on any atom is -0.299 e. The third-order valence-electron chi connectivity index (χ3n) is 9.51. The molecular weight excluding hydrogens is 619 g/mol. The second kappa shape index (κ2) is 15.1. The SMILES string of the molecule is N#Cc1ccc(C(Cc2cccc(-c3cccc(CN4CCCCC4)c3)c2)C2CCN(Sc3ccc(F)cc3)CC2)cc1C(F)(F)F. The van der Waals surface area contributed by atoms with Crippen LogP contribution in [0.2, 0.25) is 0 Å². The quantitative estimate of drug-likeness (QED) is 0.132. The standard InChI is InChI=1S/C39H39F4N3S/c40-35-12-14-36(15-13-35)47-46-20-16-30(17-21-46)37(33-10-11-34(26-44)38(25-33)39(41,42)43)24-28-6-4-8-31(22-28)32-9-5-7-29(23-32)27-45-18-2-1-3-19-45/h4-15,22-23,25,30,37H,1-3,16-21,24,27H2. The van der Waals surface area contributed by atoms with Crippen molar-refractivity contribution >= 4 is 11.9 Å². The van der Waals surface area contributed by atoms with Crippen LogP contribution < -0.4 is 0 Å². The van der Waals surface area contributed by atoms with E-state index in [1.807, 2.05) is 6.07 Å². The highest BCUT2D eigenvalue weighted by molar-refractivity contribution is 7.97. The van der Waals surface area contributed by atoms with Gasteiger partial charge >= 0.3 is 6.18 Å². The Bertz CT molecular complexity index is 1680. The van der Waals surface area contributed by atoms with E-state index >= 15 is 0 Å². The molecule has 0 bridgehead atoms. The van der Waals surface area contributed by atoms with Crippen molar-refractivity contribution in [2.45, 2.75) is 62.1 Å². The number of alkyl halides is 3. The maximum atomic E-state index is 14.1. The molecule has 0 amide bonds. The van der Waals surface area contributed by atoms with Crippen LogP contribution in [0.1, 0.15) is 65.8 Å². The average molecular weight is 658 g/mol. The second-order valence-corrected chi connectivity index (χ2v) is 13.9. The Morgan fingerprint density at radius 1 is 0.787 bits per heavy atom. The van der Waals surface area contributed by atoms with Crippen molar-refractivity contribution in [2.75, 3.05) is 26.2 Å². The van der Waals surface area contributed by atoms with Crippen LogP contribution in [0.25, 0.3) is 11.1 Å². The lowest BCUT2D eigenvalue weighted by Gasteiger charge is -2.36. The summed E-state index contributed by atoms with van der Waals surface area (Å²) in [6.07, 6.45) is 1.42. The van der Waals surface area contributed by atoms with Crippen molar-refractivity contribution in [3.05, 3.63) is 125 Å². The topological polar surface area (TPSA) is 30.3 Å². The van der Waals surface area contributed by atoms with Crippen LogP contribution in [-0.2, 0) is 19.1 Å². The highest BCUT2D eigenvalue weighted by atomic mass is 32.2. The van der Waals surface area contributed by atoms with Crippen LogP contribution in [0, 0.1) is 23.1 Å². The average Bonchev–Trinajstić information content (AvgIpc) is 3.09. The van der Waals surface area contributed by atoms with Crippen molar-refractivity contribution < 1.29 is 17.6 Å². The van der Waals surface area contributed by atoms with Gasteiger partial charge in [-0.25, -0.2) is 8.70 Å². The predicted molar refractivity (Wildman–Crippen MR) is 180 cm³/mol. The molecule has 2 heterocycles. The first-order chi connectivity index (χ1) is 22.7. The predicted octanol–water partition coefficient (Wildman–Crippen LogP) is 10.1. The molecule has 2 fully saturated rings. The van der Waals surface area contributed by atoms with Gasteiger partial charge in [0.15, 0.2) is 0 Å². The summed E-state index contributed by atoms with van der Waals surface area (Å²) in [6, 6.07) is 29.5. The van der Waals surface area contributed by atoms with Crippen LogP contribution in [0.5, 0.6) is 0 Å². The van der Waals surface area contributed by atoms with E-state index in [1.165, 1.54) is 49.1 Å². The first-order valence-electron chi connectivity index (χ1n) is 16.5. The van der Waals surface area contributed by atoms with Crippen molar-refractivity contribution in [1.82, 2.24) is 9.21 Å². The molecule has 2 aliphatic heterocycles. The number of hydrogen-bond acceptors (Lipinski definition) is 4. The Balaban J connectivity index is 1.24. The lowest BCUT2D eigenvalue weighted by molar-refractivity contribution is -0.137. The molecule has 6 rings (SSSR count). The fourth-order valence-electron chi connectivity index (χ4n) is 7.05. The van der Waals surface area contributed by atoms with Crippen molar-refractivity contribution in [2.24, 2.45) is 5.92 Å². The smallest absolute Gasteiger partial charge is 0.299 e. The van der Waals surface area contributed by atoms with E-state index < -0.39 is 11.7 Å². The molecule has 47 heavy (non-hydrogen) atoms. The number of benzene rings is 4. The van der Waals surface area contributed by atoms with Crippen LogP contribution in [0.4, 0.5) is 17.6 Å². The first-order valence-corrected chi connectivity index (χ1v) is 17.2. The fourth-order valence-corrected chi connectivity index (χ4v) is 8.00. The molecule has 8 heteroatoms. The molecule has 1 unspecified atom stereocenters. The number of hydrogen-bond donors (Lipinski definition) is 0. The Morgan fingerprint density at radius 3 is 2.11 bits per heavy atom. The molecule has 0 aliphatic carbocycles. The van der Waals surface area contributed by atoms with Crippen molar-refractivity contribution in [1.29, 1.82) is 5.26 Å². The van der Waals surface area contributed by atoms with Crippen LogP contribution in [-0.4, -0.2) is 35.4 Å². The maximum absolute atomic E-state index is 14.1. The number of likely N-dealkylation sites (tertiary alicyclic amines) is 1. The van der Waals surface area contributed by atoms with Crippen molar-refractivity contribution in [3.8, 4) is 17.2 Å².